The van der Waals surface area contributed by atoms with E-state index in [1.54, 1.807) is 37.3 Å². The van der Waals surface area contributed by atoms with Crippen molar-refractivity contribution >= 4 is 56.8 Å². The van der Waals surface area contributed by atoms with E-state index in [1.165, 1.54) is 34.7 Å². The predicted molar refractivity (Wildman–Crippen MR) is 157 cm³/mol. The monoisotopic (exact) mass is 609 g/mol. The number of anilines is 2. The third-order valence-electron chi connectivity index (χ3n) is 6.31. The second-order valence-electron chi connectivity index (χ2n) is 9.26. The normalized spacial score (nSPS) is 16.0. The summed E-state index contributed by atoms with van der Waals surface area (Å²) in [5.41, 5.74) is 1.35. The highest BCUT2D eigenvalue weighted by molar-refractivity contribution is 7.19. The Labute approximate surface area is 249 Å². The van der Waals surface area contributed by atoms with E-state index in [4.69, 9.17) is 21.1 Å². The molecule has 1 fully saturated rings. The van der Waals surface area contributed by atoms with Crippen LogP contribution in [0, 0.1) is 17.7 Å². The molecule has 2 atom stereocenters. The highest BCUT2D eigenvalue weighted by atomic mass is 35.5. The van der Waals surface area contributed by atoms with Gasteiger partial charge in [0.15, 0.2) is 0 Å². The molecule has 0 unspecified atom stereocenters. The van der Waals surface area contributed by atoms with Gasteiger partial charge in [-0.05, 0) is 48.9 Å². The van der Waals surface area contributed by atoms with E-state index >= 15 is 0 Å². The fraction of sp³-hybridized carbons (Fsp3) is 0.241. The first-order chi connectivity index (χ1) is 20.3. The average Bonchev–Trinajstić information content (AvgIpc) is 3.56. The third kappa shape index (κ3) is 6.99. The SMILES string of the molecule is CCOC(=O)N[C@@H]1C[C@H](C#Cc2cc3c(Nc4ccc(OCc5cccc(F)c5)c(Cl)c4)ncnc3s2)N(C(=O)O)C1. The van der Waals surface area contributed by atoms with Crippen molar-refractivity contribution in [2.24, 2.45) is 0 Å². The summed E-state index contributed by atoms with van der Waals surface area (Å²) in [5, 5.41) is 16.6. The molecule has 2 aromatic carbocycles. The molecule has 216 valence electrons. The molecule has 3 N–H and O–H groups in total. The number of likely N-dealkylation sites (tertiary alicyclic amines) is 1. The van der Waals surface area contributed by atoms with Crippen molar-refractivity contribution in [3.63, 3.8) is 0 Å². The molecule has 0 aliphatic carbocycles. The number of benzene rings is 2. The van der Waals surface area contributed by atoms with E-state index < -0.39 is 24.3 Å². The lowest BCUT2D eigenvalue weighted by Crippen LogP contribution is -2.39. The van der Waals surface area contributed by atoms with E-state index in [0.29, 0.717) is 44.0 Å². The zero-order chi connectivity index (χ0) is 29.6. The van der Waals surface area contributed by atoms with Crippen LogP contribution in [0.3, 0.4) is 0 Å². The highest BCUT2D eigenvalue weighted by Gasteiger charge is 2.35. The molecule has 1 saturated heterocycles. The fourth-order valence-electron chi connectivity index (χ4n) is 4.42. The molecule has 42 heavy (non-hydrogen) atoms. The molecule has 2 aromatic heterocycles. The third-order valence-corrected chi connectivity index (χ3v) is 7.57. The molecule has 4 aromatic rings. The molecule has 0 radical (unpaired) electrons. The van der Waals surface area contributed by atoms with E-state index in [2.05, 4.69) is 32.4 Å². The molecule has 1 aliphatic rings. The second-order valence-corrected chi connectivity index (χ2v) is 10.7. The van der Waals surface area contributed by atoms with Crippen molar-refractivity contribution in [1.82, 2.24) is 20.2 Å². The zero-order valence-corrected chi connectivity index (χ0v) is 23.8. The summed E-state index contributed by atoms with van der Waals surface area (Å²) in [6, 6.07) is 12.2. The smallest absolute Gasteiger partial charge is 0.408 e. The predicted octanol–water partition coefficient (Wildman–Crippen LogP) is 6.02. The number of halogens is 2. The van der Waals surface area contributed by atoms with Gasteiger partial charge in [0.2, 0.25) is 0 Å². The van der Waals surface area contributed by atoms with Crippen molar-refractivity contribution < 1.29 is 28.6 Å². The van der Waals surface area contributed by atoms with Crippen molar-refractivity contribution in [2.75, 3.05) is 18.5 Å². The van der Waals surface area contributed by atoms with Crippen LogP contribution in [0.15, 0.2) is 54.9 Å². The van der Waals surface area contributed by atoms with Gasteiger partial charge in [-0.3, -0.25) is 4.90 Å². The number of hydrogen-bond donors (Lipinski definition) is 3. The number of nitrogens with one attached hydrogen (secondary N) is 2. The summed E-state index contributed by atoms with van der Waals surface area (Å²) in [7, 11) is 0. The number of amides is 2. The first-order valence-corrected chi connectivity index (χ1v) is 14.1. The lowest BCUT2D eigenvalue weighted by atomic mass is 10.2. The average molecular weight is 610 g/mol. The van der Waals surface area contributed by atoms with Crippen molar-refractivity contribution in [2.45, 2.75) is 32.0 Å². The molecular weight excluding hydrogens is 585 g/mol. The molecule has 2 amide bonds. The van der Waals surface area contributed by atoms with Gasteiger partial charge in [0.1, 0.15) is 35.1 Å². The summed E-state index contributed by atoms with van der Waals surface area (Å²) in [6.45, 7) is 2.21. The number of carbonyl (C=O) groups is 2. The number of carboxylic acid groups (broad SMARTS) is 1. The van der Waals surface area contributed by atoms with E-state index in [9.17, 15) is 19.1 Å². The molecule has 0 bridgehead atoms. The maximum Gasteiger partial charge on any atom is 0.408 e. The van der Waals surface area contributed by atoms with Crippen molar-refractivity contribution in [3.8, 4) is 17.6 Å². The minimum atomic E-state index is -1.11. The highest BCUT2D eigenvalue weighted by Crippen LogP contribution is 2.33. The summed E-state index contributed by atoms with van der Waals surface area (Å²) >= 11 is 7.79. The largest absolute Gasteiger partial charge is 0.487 e. The molecule has 1 aliphatic heterocycles. The van der Waals surface area contributed by atoms with Crippen molar-refractivity contribution in [3.05, 3.63) is 76.1 Å². The number of nitrogens with zero attached hydrogens (tertiary/aromatic N) is 3. The molecule has 10 nitrogen and oxygen atoms in total. The molecule has 0 spiro atoms. The van der Waals surface area contributed by atoms with Crippen LogP contribution in [0.5, 0.6) is 5.75 Å². The summed E-state index contributed by atoms with van der Waals surface area (Å²) < 4.78 is 24.1. The molecule has 5 rings (SSSR count). The number of carbonyl (C=O) groups excluding carboxylic acids is 1. The minimum Gasteiger partial charge on any atom is -0.487 e. The maximum atomic E-state index is 13.4. The van der Waals surface area contributed by atoms with Crippen LogP contribution >= 0.6 is 22.9 Å². The molecule has 3 heterocycles. The zero-order valence-electron chi connectivity index (χ0n) is 22.3. The number of fused-ring (bicyclic) bond motifs is 1. The number of thiophene rings is 1. The Kier molecular flexibility index (Phi) is 8.90. The van der Waals surface area contributed by atoms with Gasteiger partial charge in [-0.25, -0.2) is 23.9 Å². The first-order valence-electron chi connectivity index (χ1n) is 12.9. The number of hydrogen-bond acceptors (Lipinski definition) is 8. The van der Waals surface area contributed by atoms with Crippen LogP contribution in [-0.4, -0.2) is 57.4 Å². The van der Waals surface area contributed by atoms with Crippen LogP contribution in [0.1, 0.15) is 23.8 Å². The lowest BCUT2D eigenvalue weighted by molar-refractivity contribution is 0.141. The first kappa shape index (κ1) is 28.9. The summed E-state index contributed by atoms with van der Waals surface area (Å²) in [5.74, 6) is 6.75. The molecular formula is C29H25ClFN5O5S. The van der Waals surface area contributed by atoms with Gasteiger partial charge in [0.05, 0.1) is 34.0 Å². The Balaban J connectivity index is 1.28. The molecule has 0 saturated carbocycles. The van der Waals surface area contributed by atoms with Crippen LogP contribution in [0.4, 0.5) is 25.5 Å². The Hall–Kier alpha value is -4.60. The van der Waals surface area contributed by atoms with Gasteiger partial charge in [0.25, 0.3) is 0 Å². The van der Waals surface area contributed by atoms with Gasteiger partial charge in [-0.15, -0.1) is 11.3 Å². The number of aromatic nitrogens is 2. The van der Waals surface area contributed by atoms with Crippen LogP contribution in [-0.2, 0) is 11.3 Å². The van der Waals surface area contributed by atoms with Gasteiger partial charge in [-0.2, -0.15) is 0 Å². The van der Waals surface area contributed by atoms with Gasteiger partial charge in [0, 0.05) is 18.7 Å². The van der Waals surface area contributed by atoms with Crippen LogP contribution in [0.25, 0.3) is 10.2 Å². The minimum absolute atomic E-state index is 0.122. The van der Waals surface area contributed by atoms with Crippen LogP contribution in [0.2, 0.25) is 5.02 Å². The summed E-state index contributed by atoms with van der Waals surface area (Å²) in [6.07, 6.45) is 0.0842. The van der Waals surface area contributed by atoms with Gasteiger partial charge < -0.3 is 25.2 Å². The van der Waals surface area contributed by atoms with Crippen molar-refractivity contribution in [1.29, 1.82) is 0 Å². The lowest BCUT2D eigenvalue weighted by Gasteiger charge is -2.16. The Morgan fingerprint density at radius 1 is 1.24 bits per heavy atom. The molecule has 13 heteroatoms. The number of ether oxygens (including phenoxy) is 2. The number of alkyl carbamates (subject to hydrolysis) is 1. The standard InChI is InChI=1S/C29H25ClFN5O5S/c1-2-40-28(37)35-20-11-21(36(14-20)29(38)39)7-8-22-13-23-26(32-16-33-27(23)42-22)34-19-6-9-25(24(30)12-19)41-15-17-4-3-5-18(31)10-17/h3-6,9-10,12-13,16,20-21H,2,11,14-15H2,1H3,(H,35,37)(H,38,39)(H,32,33,34)/t20-,21+/m1/s1. The van der Waals surface area contributed by atoms with Crippen LogP contribution < -0.4 is 15.4 Å². The maximum absolute atomic E-state index is 13.4. The topological polar surface area (TPSA) is 126 Å². The Bertz CT molecular complexity index is 1690. The quantitative estimate of drug-likeness (QED) is 0.217. The fourth-order valence-corrected chi connectivity index (χ4v) is 5.52. The number of rotatable bonds is 7. The van der Waals surface area contributed by atoms with E-state index in [0.717, 1.165) is 5.39 Å². The summed E-state index contributed by atoms with van der Waals surface area (Å²) in [4.78, 5) is 34.8. The van der Waals surface area contributed by atoms with E-state index in [1.807, 2.05) is 6.07 Å². The Morgan fingerprint density at radius 3 is 2.86 bits per heavy atom. The van der Waals surface area contributed by atoms with Gasteiger partial charge >= 0.3 is 12.2 Å². The Morgan fingerprint density at radius 2 is 2.10 bits per heavy atom. The second kappa shape index (κ2) is 12.9. The van der Waals surface area contributed by atoms with E-state index in [-0.39, 0.29) is 25.6 Å². The van der Waals surface area contributed by atoms with Gasteiger partial charge in [-0.1, -0.05) is 35.6 Å².